The Balaban J connectivity index is 2.26. The number of aromatic nitrogens is 2. The minimum Gasteiger partial charge on any atom is -0.379 e. The lowest BCUT2D eigenvalue weighted by atomic mass is 10.1. The van der Waals surface area contributed by atoms with Crippen LogP contribution in [0.15, 0.2) is 12.3 Å². The number of ether oxygens (including phenoxy) is 1. The molecule has 1 aromatic heterocycles. The van der Waals surface area contributed by atoms with E-state index in [2.05, 4.69) is 5.10 Å². The Bertz CT molecular complexity index is 434. The third-order valence-electron chi connectivity index (χ3n) is 3.47. The van der Waals surface area contributed by atoms with Gasteiger partial charge in [-0.2, -0.15) is 5.10 Å². The van der Waals surface area contributed by atoms with Crippen LogP contribution in [0, 0.1) is 0 Å². The highest BCUT2D eigenvalue weighted by molar-refractivity contribution is 5.93. The van der Waals surface area contributed by atoms with E-state index < -0.39 is 0 Å². The van der Waals surface area contributed by atoms with Crippen LogP contribution in [0.4, 0.5) is 0 Å². The van der Waals surface area contributed by atoms with E-state index in [1.807, 2.05) is 32.6 Å². The minimum atomic E-state index is 0.0525. The summed E-state index contributed by atoms with van der Waals surface area (Å²) in [5.41, 5.74) is 0.663. The van der Waals surface area contributed by atoms with Crippen LogP contribution in [0.5, 0.6) is 0 Å². The first-order valence-electron chi connectivity index (χ1n) is 6.96. The highest BCUT2D eigenvalue weighted by atomic mass is 16.5. The lowest BCUT2D eigenvalue weighted by molar-refractivity contribution is 0.0567. The lowest BCUT2D eigenvalue weighted by Crippen LogP contribution is -2.46. The van der Waals surface area contributed by atoms with Crippen molar-refractivity contribution in [2.75, 3.05) is 13.2 Å². The zero-order chi connectivity index (χ0) is 14.0. The predicted octanol–water partition coefficient (Wildman–Crippen LogP) is 2.10. The summed E-state index contributed by atoms with van der Waals surface area (Å²) in [5, 5.41) is 4.24. The molecule has 0 saturated carbocycles. The molecule has 1 amide bonds. The maximum absolute atomic E-state index is 12.8. The van der Waals surface area contributed by atoms with Gasteiger partial charge in [-0.15, -0.1) is 0 Å². The lowest BCUT2D eigenvalue weighted by Gasteiger charge is -2.32. The first-order valence-corrected chi connectivity index (χ1v) is 6.96. The smallest absolute Gasteiger partial charge is 0.272 e. The third-order valence-corrected chi connectivity index (χ3v) is 3.47. The fourth-order valence-electron chi connectivity index (χ4n) is 2.59. The van der Waals surface area contributed by atoms with E-state index in [0.717, 1.165) is 13.0 Å². The number of carbonyl (C=O) groups is 1. The summed E-state index contributed by atoms with van der Waals surface area (Å²) in [4.78, 5) is 14.7. The Morgan fingerprint density at radius 2 is 2.21 bits per heavy atom. The highest BCUT2D eigenvalue weighted by Crippen LogP contribution is 2.20. The van der Waals surface area contributed by atoms with Gasteiger partial charge in [-0.3, -0.25) is 9.48 Å². The van der Waals surface area contributed by atoms with Gasteiger partial charge in [0.15, 0.2) is 0 Å². The molecule has 0 unspecified atom stereocenters. The number of rotatable bonds is 4. The van der Waals surface area contributed by atoms with Gasteiger partial charge >= 0.3 is 0 Å². The Labute approximate surface area is 114 Å². The SMILES string of the molecule is CC(C)N(C(=O)c1ccnn1C(C)C)[C@H]1CCOC1. The molecule has 0 spiro atoms. The van der Waals surface area contributed by atoms with Crippen LogP contribution in [-0.2, 0) is 4.74 Å². The van der Waals surface area contributed by atoms with Crippen LogP contribution in [-0.4, -0.2) is 45.9 Å². The quantitative estimate of drug-likeness (QED) is 0.837. The van der Waals surface area contributed by atoms with E-state index in [1.54, 1.807) is 16.9 Å². The molecule has 2 rings (SSSR count). The van der Waals surface area contributed by atoms with Crippen molar-refractivity contribution in [1.29, 1.82) is 0 Å². The molecule has 0 bridgehead atoms. The average Bonchev–Trinajstić information content (AvgIpc) is 2.98. The molecule has 5 nitrogen and oxygen atoms in total. The second-order valence-electron chi connectivity index (χ2n) is 5.58. The molecule has 1 fully saturated rings. The van der Waals surface area contributed by atoms with Crippen LogP contribution in [0.2, 0.25) is 0 Å². The standard InChI is InChI=1S/C14H23N3O2/c1-10(2)16(12-6-8-19-9-12)14(18)13-5-7-15-17(13)11(3)4/h5,7,10-12H,6,8-9H2,1-4H3/t12-/m0/s1. The topological polar surface area (TPSA) is 47.4 Å². The second kappa shape index (κ2) is 5.74. The maximum atomic E-state index is 12.8. The first-order chi connectivity index (χ1) is 9.02. The van der Waals surface area contributed by atoms with E-state index >= 15 is 0 Å². The van der Waals surface area contributed by atoms with Gasteiger partial charge in [0.05, 0.1) is 12.6 Å². The van der Waals surface area contributed by atoms with Gasteiger partial charge in [-0.1, -0.05) is 0 Å². The molecule has 5 heteroatoms. The van der Waals surface area contributed by atoms with E-state index in [0.29, 0.717) is 12.3 Å². The summed E-state index contributed by atoms with van der Waals surface area (Å²) in [7, 11) is 0. The molecular weight excluding hydrogens is 242 g/mol. The van der Waals surface area contributed by atoms with Crippen LogP contribution >= 0.6 is 0 Å². The van der Waals surface area contributed by atoms with Crippen LogP contribution < -0.4 is 0 Å². The summed E-state index contributed by atoms with van der Waals surface area (Å²) < 4.78 is 7.20. The van der Waals surface area contributed by atoms with Crippen LogP contribution in [0.3, 0.4) is 0 Å². The molecule has 1 aromatic rings. The Kier molecular flexibility index (Phi) is 4.24. The van der Waals surface area contributed by atoms with Gasteiger partial charge in [0.25, 0.3) is 5.91 Å². The second-order valence-corrected chi connectivity index (χ2v) is 5.58. The predicted molar refractivity (Wildman–Crippen MR) is 73.1 cm³/mol. The summed E-state index contributed by atoms with van der Waals surface area (Å²) in [6.45, 7) is 9.54. The summed E-state index contributed by atoms with van der Waals surface area (Å²) in [6.07, 6.45) is 2.61. The van der Waals surface area contributed by atoms with Crippen molar-refractivity contribution in [3.05, 3.63) is 18.0 Å². The molecule has 0 N–H and O–H groups in total. The number of hydrogen-bond donors (Lipinski definition) is 0. The summed E-state index contributed by atoms with van der Waals surface area (Å²) >= 11 is 0. The van der Waals surface area contributed by atoms with E-state index in [9.17, 15) is 4.79 Å². The fraction of sp³-hybridized carbons (Fsp3) is 0.714. The number of nitrogens with zero attached hydrogens (tertiary/aromatic N) is 3. The molecular formula is C14H23N3O2. The zero-order valence-corrected chi connectivity index (χ0v) is 12.2. The number of hydrogen-bond acceptors (Lipinski definition) is 3. The largest absolute Gasteiger partial charge is 0.379 e. The Morgan fingerprint density at radius 3 is 2.74 bits per heavy atom. The van der Waals surface area contributed by atoms with Gasteiger partial charge < -0.3 is 9.64 Å². The molecule has 1 atom stereocenters. The fourth-order valence-corrected chi connectivity index (χ4v) is 2.59. The Morgan fingerprint density at radius 1 is 1.47 bits per heavy atom. The van der Waals surface area contributed by atoms with Crippen molar-refractivity contribution in [2.45, 2.75) is 52.2 Å². The minimum absolute atomic E-state index is 0.0525. The van der Waals surface area contributed by atoms with Gasteiger partial charge in [-0.05, 0) is 40.2 Å². The molecule has 19 heavy (non-hydrogen) atoms. The number of amides is 1. The normalized spacial score (nSPS) is 19.4. The van der Waals surface area contributed by atoms with Crippen molar-refractivity contribution in [3.8, 4) is 0 Å². The molecule has 0 radical (unpaired) electrons. The van der Waals surface area contributed by atoms with Crippen LogP contribution in [0.1, 0.15) is 50.6 Å². The number of carbonyl (C=O) groups excluding carboxylic acids is 1. The van der Waals surface area contributed by atoms with E-state index in [-0.39, 0.29) is 24.0 Å². The molecule has 1 saturated heterocycles. The molecule has 1 aliphatic heterocycles. The zero-order valence-electron chi connectivity index (χ0n) is 12.2. The molecule has 1 aliphatic rings. The van der Waals surface area contributed by atoms with Gasteiger partial charge in [0.2, 0.25) is 0 Å². The van der Waals surface area contributed by atoms with Crippen molar-refractivity contribution in [2.24, 2.45) is 0 Å². The van der Waals surface area contributed by atoms with Gasteiger partial charge in [-0.25, -0.2) is 0 Å². The Hall–Kier alpha value is -1.36. The first kappa shape index (κ1) is 14.1. The maximum Gasteiger partial charge on any atom is 0.272 e. The molecule has 0 aliphatic carbocycles. The van der Waals surface area contributed by atoms with E-state index in [1.165, 1.54) is 0 Å². The van der Waals surface area contributed by atoms with Crippen molar-refractivity contribution < 1.29 is 9.53 Å². The van der Waals surface area contributed by atoms with Crippen molar-refractivity contribution in [3.63, 3.8) is 0 Å². The van der Waals surface area contributed by atoms with E-state index in [4.69, 9.17) is 4.74 Å². The summed E-state index contributed by atoms with van der Waals surface area (Å²) in [5.74, 6) is 0.0525. The van der Waals surface area contributed by atoms with Gasteiger partial charge in [0.1, 0.15) is 5.69 Å². The molecule has 2 heterocycles. The van der Waals surface area contributed by atoms with Crippen molar-refractivity contribution in [1.82, 2.24) is 14.7 Å². The highest BCUT2D eigenvalue weighted by Gasteiger charge is 2.31. The average molecular weight is 265 g/mol. The molecule has 0 aromatic carbocycles. The van der Waals surface area contributed by atoms with Crippen LogP contribution in [0.25, 0.3) is 0 Å². The summed E-state index contributed by atoms with van der Waals surface area (Å²) in [6, 6.07) is 2.33. The molecule has 106 valence electrons. The van der Waals surface area contributed by atoms with Crippen molar-refractivity contribution >= 4 is 5.91 Å². The van der Waals surface area contributed by atoms with Gasteiger partial charge in [0, 0.05) is 24.9 Å². The monoisotopic (exact) mass is 265 g/mol. The third kappa shape index (κ3) is 2.81.